The van der Waals surface area contributed by atoms with Crippen LogP contribution in [-0.2, 0) is 16.3 Å². The molecule has 3 rings (SSSR count). The number of fused-ring (bicyclic) bond motifs is 1. The highest BCUT2D eigenvalue weighted by molar-refractivity contribution is 7.91. The average molecular weight is 290 g/mol. The van der Waals surface area contributed by atoms with Crippen LogP contribution in [0.5, 0.6) is 0 Å². The highest BCUT2D eigenvalue weighted by Gasteiger charge is 2.32. The van der Waals surface area contributed by atoms with Gasteiger partial charge in [0.1, 0.15) is 0 Å². The van der Waals surface area contributed by atoms with Gasteiger partial charge in [0.05, 0.1) is 17.6 Å². The van der Waals surface area contributed by atoms with Gasteiger partial charge in [0, 0.05) is 5.92 Å². The first-order chi connectivity index (χ1) is 9.53. The van der Waals surface area contributed by atoms with E-state index in [9.17, 15) is 13.5 Å². The fourth-order valence-corrected chi connectivity index (χ4v) is 4.77. The molecule has 0 radical (unpaired) electrons. The third-order valence-corrected chi connectivity index (χ3v) is 5.86. The lowest BCUT2D eigenvalue weighted by atomic mass is 9.94. The van der Waals surface area contributed by atoms with Crippen LogP contribution in [-0.4, -0.2) is 31.1 Å². The molecule has 0 bridgehead atoms. The fourth-order valence-electron chi connectivity index (χ4n) is 2.90. The van der Waals surface area contributed by atoms with Gasteiger partial charge in [-0.25, -0.2) is 8.42 Å². The van der Waals surface area contributed by atoms with Gasteiger partial charge in [-0.3, -0.25) is 0 Å². The van der Waals surface area contributed by atoms with Crippen molar-refractivity contribution < 1.29 is 13.5 Å². The molecule has 1 heterocycles. The molecule has 1 aliphatic heterocycles. The van der Waals surface area contributed by atoms with Crippen molar-refractivity contribution >= 4 is 20.6 Å². The smallest absolute Gasteiger partial charge is 0.150 e. The minimum absolute atomic E-state index is 0.119. The van der Waals surface area contributed by atoms with Gasteiger partial charge in [0.15, 0.2) is 9.84 Å². The highest BCUT2D eigenvalue weighted by atomic mass is 32.2. The van der Waals surface area contributed by atoms with Crippen molar-refractivity contribution in [2.75, 3.05) is 11.5 Å². The van der Waals surface area contributed by atoms with Crippen molar-refractivity contribution in [1.29, 1.82) is 0 Å². The summed E-state index contributed by atoms with van der Waals surface area (Å²) in [5.41, 5.74) is 1.06. The van der Waals surface area contributed by atoms with E-state index in [-0.39, 0.29) is 17.4 Å². The van der Waals surface area contributed by atoms with Gasteiger partial charge in [0.2, 0.25) is 0 Å². The zero-order valence-corrected chi connectivity index (χ0v) is 12.0. The second-order valence-corrected chi connectivity index (χ2v) is 7.84. The van der Waals surface area contributed by atoms with Crippen LogP contribution in [0.4, 0.5) is 0 Å². The fraction of sp³-hybridized carbons (Fsp3) is 0.375. The molecule has 3 nitrogen and oxygen atoms in total. The number of hydrogen-bond donors (Lipinski definition) is 1. The maximum Gasteiger partial charge on any atom is 0.150 e. The van der Waals surface area contributed by atoms with Gasteiger partial charge in [-0.1, -0.05) is 42.5 Å². The summed E-state index contributed by atoms with van der Waals surface area (Å²) in [5.74, 6) is 0.222. The molecule has 20 heavy (non-hydrogen) atoms. The van der Waals surface area contributed by atoms with E-state index < -0.39 is 15.9 Å². The Labute approximate surface area is 119 Å². The second kappa shape index (κ2) is 5.19. The van der Waals surface area contributed by atoms with Crippen molar-refractivity contribution in [3.05, 3.63) is 48.0 Å². The van der Waals surface area contributed by atoms with Crippen LogP contribution in [0.1, 0.15) is 12.0 Å². The second-order valence-electron chi connectivity index (χ2n) is 5.62. The molecule has 0 spiro atoms. The number of aliphatic hydroxyl groups excluding tert-OH is 1. The number of aliphatic hydroxyl groups is 1. The van der Waals surface area contributed by atoms with Crippen molar-refractivity contribution in [1.82, 2.24) is 0 Å². The summed E-state index contributed by atoms with van der Waals surface area (Å²) in [4.78, 5) is 0. The van der Waals surface area contributed by atoms with E-state index in [0.29, 0.717) is 12.8 Å². The topological polar surface area (TPSA) is 54.4 Å². The van der Waals surface area contributed by atoms with Gasteiger partial charge in [0.25, 0.3) is 0 Å². The predicted octanol–water partition coefficient (Wildman–Crippen LogP) is 2.18. The third kappa shape index (κ3) is 2.86. The molecule has 1 saturated heterocycles. The van der Waals surface area contributed by atoms with Crippen LogP contribution in [0.15, 0.2) is 42.5 Å². The molecule has 1 aliphatic rings. The van der Waals surface area contributed by atoms with Crippen molar-refractivity contribution in [2.45, 2.75) is 18.9 Å². The lowest BCUT2D eigenvalue weighted by Crippen LogP contribution is -2.23. The lowest BCUT2D eigenvalue weighted by Gasteiger charge is -2.16. The average Bonchev–Trinajstić information content (AvgIpc) is 2.79. The minimum atomic E-state index is -2.93. The van der Waals surface area contributed by atoms with E-state index in [1.54, 1.807) is 0 Å². The lowest BCUT2D eigenvalue weighted by molar-refractivity contribution is 0.120. The normalized spacial score (nSPS) is 22.9. The molecule has 2 unspecified atom stereocenters. The number of rotatable bonds is 3. The van der Waals surface area contributed by atoms with E-state index >= 15 is 0 Å². The van der Waals surface area contributed by atoms with Crippen molar-refractivity contribution in [3.8, 4) is 0 Å². The van der Waals surface area contributed by atoms with E-state index in [0.717, 1.165) is 10.9 Å². The van der Waals surface area contributed by atoms with E-state index in [1.807, 2.05) is 30.3 Å². The van der Waals surface area contributed by atoms with Gasteiger partial charge >= 0.3 is 0 Å². The van der Waals surface area contributed by atoms with Crippen molar-refractivity contribution in [2.24, 2.45) is 5.92 Å². The zero-order valence-electron chi connectivity index (χ0n) is 11.2. The molecule has 4 heteroatoms. The summed E-state index contributed by atoms with van der Waals surface area (Å²) in [6.45, 7) is 0. The number of benzene rings is 2. The van der Waals surface area contributed by atoms with E-state index in [4.69, 9.17) is 0 Å². The Morgan fingerprint density at radius 3 is 2.60 bits per heavy atom. The van der Waals surface area contributed by atoms with Crippen LogP contribution < -0.4 is 0 Å². The molecule has 2 aromatic carbocycles. The summed E-state index contributed by atoms with van der Waals surface area (Å²) in [7, 11) is -2.93. The maximum absolute atomic E-state index is 11.5. The van der Waals surface area contributed by atoms with Crippen LogP contribution in [0.2, 0.25) is 0 Å². The summed E-state index contributed by atoms with van der Waals surface area (Å²) < 4.78 is 22.9. The zero-order chi connectivity index (χ0) is 14.2. The Morgan fingerprint density at radius 1 is 1.15 bits per heavy atom. The van der Waals surface area contributed by atoms with Crippen LogP contribution >= 0.6 is 0 Å². The van der Waals surface area contributed by atoms with Gasteiger partial charge < -0.3 is 5.11 Å². The molecule has 106 valence electrons. The molecule has 0 saturated carbocycles. The Morgan fingerprint density at radius 2 is 1.90 bits per heavy atom. The first-order valence-corrected chi connectivity index (χ1v) is 8.72. The Hall–Kier alpha value is -1.39. The monoisotopic (exact) mass is 290 g/mol. The summed E-state index contributed by atoms with van der Waals surface area (Å²) in [5, 5.41) is 12.6. The van der Waals surface area contributed by atoms with Crippen LogP contribution in [0.25, 0.3) is 10.8 Å². The standard InChI is InChI=1S/C16H18O3S/c17-16(15-7-8-20(18,19)11-15)10-12-5-6-13-3-1-2-4-14(13)9-12/h1-6,9,15-17H,7-8,10-11H2. The maximum atomic E-state index is 11.5. The summed E-state index contributed by atoms with van der Waals surface area (Å²) in [6, 6.07) is 14.2. The molecule has 2 aromatic rings. The molecule has 0 aliphatic carbocycles. The molecular weight excluding hydrogens is 272 g/mol. The van der Waals surface area contributed by atoms with Gasteiger partial charge in [-0.15, -0.1) is 0 Å². The molecule has 1 N–H and O–H groups in total. The number of sulfone groups is 1. The molecule has 0 aromatic heterocycles. The summed E-state index contributed by atoms with van der Waals surface area (Å²) in [6.07, 6.45) is 0.524. The van der Waals surface area contributed by atoms with Gasteiger partial charge in [-0.2, -0.15) is 0 Å². The quantitative estimate of drug-likeness (QED) is 0.942. The van der Waals surface area contributed by atoms with E-state index in [1.165, 1.54) is 5.39 Å². The SMILES string of the molecule is O=S1(=O)CCC(C(O)Cc2ccc3ccccc3c2)C1. The van der Waals surface area contributed by atoms with Crippen LogP contribution in [0.3, 0.4) is 0 Å². The predicted molar refractivity (Wildman–Crippen MR) is 80.4 cm³/mol. The van der Waals surface area contributed by atoms with Crippen LogP contribution in [0, 0.1) is 5.92 Å². The largest absolute Gasteiger partial charge is 0.392 e. The minimum Gasteiger partial charge on any atom is -0.392 e. The third-order valence-electron chi connectivity index (χ3n) is 4.07. The highest BCUT2D eigenvalue weighted by Crippen LogP contribution is 2.25. The first-order valence-electron chi connectivity index (χ1n) is 6.90. The Kier molecular flexibility index (Phi) is 3.52. The first kappa shape index (κ1) is 13.6. The molecule has 2 atom stereocenters. The Bertz CT molecular complexity index is 721. The van der Waals surface area contributed by atoms with E-state index in [2.05, 4.69) is 12.1 Å². The molecule has 0 amide bonds. The Balaban J connectivity index is 1.76. The van der Waals surface area contributed by atoms with Gasteiger partial charge in [-0.05, 0) is 29.2 Å². The molecule has 1 fully saturated rings. The van der Waals surface area contributed by atoms with Crippen molar-refractivity contribution in [3.63, 3.8) is 0 Å². The summed E-state index contributed by atoms with van der Waals surface area (Å²) >= 11 is 0. The number of hydrogen-bond acceptors (Lipinski definition) is 3. The molecular formula is C16H18O3S.